The molecular formula is C13H12FNO5S. The Morgan fingerprint density at radius 1 is 1.38 bits per heavy atom. The quantitative estimate of drug-likeness (QED) is 0.881. The van der Waals surface area contributed by atoms with Crippen molar-refractivity contribution in [2.75, 3.05) is 0 Å². The molecule has 0 aliphatic rings. The van der Waals surface area contributed by atoms with Crippen molar-refractivity contribution >= 4 is 16.0 Å². The van der Waals surface area contributed by atoms with Gasteiger partial charge in [0.15, 0.2) is 0 Å². The zero-order valence-electron chi connectivity index (χ0n) is 10.9. The molecule has 112 valence electrons. The third kappa shape index (κ3) is 3.29. The SMILES string of the molecule is CC(NS(=O)(=O)c1ccc(C(=O)O)cc1F)c1ccco1. The molecule has 0 bridgehead atoms. The van der Waals surface area contributed by atoms with Gasteiger partial charge in [-0.3, -0.25) is 0 Å². The molecule has 0 spiro atoms. The summed E-state index contributed by atoms with van der Waals surface area (Å²) in [5.74, 6) is -2.09. The molecule has 2 N–H and O–H groups in total. The minimum absolute atomic E-state index is 0.328. The van der Waals surface area contributed by atoms with E-state index in [0.717, 1.165) is 12.1 Å². The van der Waals surface area contributed by atoms with Crippen molar-refractivity contribution in [1.82, 2.24) is 4.72 Å². The Labute approximate surface area is 120 Å². The normalized spacial score (nSPS) is 13.0. The lowest BCUT2D eigenvalue weighted by Crippen LogP contribution is -2.27. The maximum absolute atomic E-state index is 13.8. The highest BCUT2D eigenvalue weighted by molar-refractivity contribution is 7.89. The number of aromatic carboxylic acids is 1. The van der Waals surface area contributed by atoms with Crippen LogP contribution in [-0.4, -0.2) is 19.5 Å². The van der Waals surface area contributed by atoms with E-state index < -0.39 is 32.7 Å². The second kappa shape index (κ2) is 5.66. The van der Waals surface area contributed by atoms with E-state index in [0.29, 0.717) is 11.8 Å². The Morgan fingerprint density at radius 3 is 2.62 bits per heavy atom. The molecule has 1 atom stereocenters. The summed E-state index contributed by atoms with van der Waals surface area (Å²) in [7, 11) is -4.14. The van der Waals surface area contributed by atoms with Gasteiger partial charge in [0, 0.05) is 0 Å². The van der Waals surface area contributed by atoms with Crippen molar-refractivity contribution in [2.24, 2.45) is 0 Å². The standard InChI is InChI=1S/C13H12FNO5S/c1-8(11-3-2-6-20-11)15-21(18,19)12-5-4-9(13(16)17)7-10(12)14/h2-8,15H,1H3,(H,16,17). The van der Waals surface area contributed by atoms with E-state index in [1.165, 1.54) is 6.26 Å². The summed E-state index contributed by atoms with van der Waals surface area (Å²) in [6.07, 6.45) is 1.39. The summed E-state index contributed by atoms with van der Waals surface area (Å²) in [6, 6.07) is 5.09. The van der Waals surface area contributed by atoms with Gasteiger partial charge in [0.2, 0.25) is 10.0 Å². The lowest BCUT2D eigenvalue weighted by Gasteiger charge is -2.12. The highest BCUT2D eigenvalue weighted by atomic mass is 32.2. The lowest BCUT2D eigenvalue weighted by molar-refractivity contribution is 0.0696. The van der Waals surface area contributed by atoms with E-state index in [4.69, 9.17) is 9.52 Å². The number of hydrogen-bond acceptors (Lipinski definition) is 4. The molecule has 21 heavy (non-hydrogen) atoms. The Hall–Kier alpha value is -2.19. The first-order valence-electron chi connectivity index (χ1n) is 5.90. The number of furan rings is 1. The molecule has 8 heteroatoms. The fraction of sp³-hybridized carbons (Fsp3) is 0.154. The van der Waals surface area contributed by atoms with Gasteiger partial charge in [-0.2, -0.15) is 0 Å². The zero-order chi connectivity index (χ0) is 15.6. The van der Waals surface area contributed by atoms with E-state index in [9.17, 15) is 17.6 Å². The molecule has 0 radical (unpaired) electrons. The molecule has 1 aromatic heterocycles. The molecule has 1 heterocycles. The number of benzene rings is 1. The predicted molar refractivity (Wildman–Crippen MR) is 70.8 cm³/mol. The number of carboxylic acid groups (broad SMARTS) is 1. The first-order valence-corrected chi connectivity index (χ1v) is 7.38. The highest BCUT2D eigenvalue weighted by Gasteiger charge is 2.24. The van der Waals surface area contributed by atoms with Crippen LogP contribution in [0.5, 0.6) is 0 Å². The molecule has 1 aromatic carbocycles. The Bertz CT molecular complexity index is 755. The topological polar surface area (TPSA) is 96.6 Å². The van der Waals surface area contributed by atoms with Crippen LogP contribution < -0.4 is 4.72 Å². The average Bonchev–Trinajstić information content (AvgIpc) is 2.91. The smallest absolute Gasteiger partial charge is 0.335 e. The number of halogens is 1. The molecule has 1 unspecified atom stereocenters. The molecule has 0 aliphatic carbocycles. The number of sulfonamides is 1. The van der Waals surface area contributed by atoms with E-state index >= 15 is 0 Å². The third-order valence-electron chi connectivity index (χ3n) is 2.77. The van der Waals surface area contributed by atoms with Gasteiger partial charge >= 0.3 is 5.97 Å². The fourth-order valence-electron chi connectivity index (χ4n) is 1.74. The number of hydrogen-bond donors (Lipinski definition) is 2. The van der Waals surface area contributed by atoms with Crippen LogP contribution >= 0.6 is 0 Å². The van der Waals surface area contributed by atoms with Gasteiger partial charge < -0.3 is 9.52 Å². The molecule has 2 aromatic rings. The number of carboxylic acids is 1. The van der Waals surface area contributed by atoms with Gasteiger partial charge in [-0.25, -0.2) is 22.3 Å². The van der Waals surface area contributed by atoms with Crippen molar-refractivity contribution < 1.29 is 27.1 Å². The van der Waals surface area contributed by atoms with Gasteiger partial charge in [0.1, 0.15) is 16.5 Å². The summed E-state index contributed by atoms with van der Waals surface area (Å²) in [5, 5.41) is 8.73. The van der Waals surface area contributed by atoms with Gasteiger partial charge in [-0.15, -0.1) is 0 Å². The van der Waals surface area contributed by atoms with Gasteiger partial charge in [-0.1, -0.05) is 0 Å². The Kier molecular flexibility index (Phi) is 4.10. The lowest BCUT2D eigenvalue weighted by atomic mass is 10.2. The fourth-order valence-corrected chi connectivity index (χ4v) is 3.02. The summed E-state index contributed by atoms with van der Waals surface area (Å²) < 4.78 is 45.3. The van der Waals surface area contributed by atoms with Crippen molar-refractivity contribution in [3.8, 4) is 0 Å². The van der Waals surface area contributed by atoms with Gasteiger partial charge in [0.25, 0.3) is 0 Å². The van der Waals surface area contributed by atoms with Crippen molar-refractivity contribution in [3.05, 3.63) is 53.7 Å². The minimum atomic E-state index is -4.14. The molecule has 0 fully saturated rings. The molecule has 0 saturated heterocycles. The number of rotatable bonds is 5. The van der Waals surface area contributed by atoms with Crippen LogP contribution in [0.3, 0.4) is 0 Å². The summed E-state index contributed by atoms with van der Waals surface area (Å²) in [5.41, 5.74) is -0.328. The molecule has 0 aliphatic heterocycles. The molecule has 6 nitrogen and oxygen atoms in total. The van der Waals surface area contributed by atoms with E-state index in [1.807, 2.05) is 0 Å². The van der Waals surface area contributed by atoms with Crippen LogP contribution in [0.4, 0.5) is 4.39 Å². The van der Waals surface area contributed by atoms with E-state index in [-0.39, 0.29) is 5.56 Å². The first-order chi connectivity index (χ1) is 9.81. The van der Waals surface area contributed by atoms with Crippen LogP contribution in [0.25, 0.3) is 0 Å². The average molecular weight is 313 g/mol. The summed E-state index contributed by atoms with van der Waals surface area (Å²) in [4.78, 5) is 10.1. The van der Waals surface area contributed by atoms with E-state index in [2.05, 4.69) is 4.72 Å². The second-order valence-electron chi connectivity index (χ2n) is 4.31. The van der Waals surface area contributed by atoms with Gasteiger partial charge in [-0.05, 0) is 37.3 Å². The van der Waals surface area contributed by atoms with E-state index in [1.54, 1.807) is 19.1 Å². The number of nitrogens with one attached hydrogen (secondary N) is 1. The molecule has 2 rings (SSSR count). The third-order valence-corrected chi connectivity index (χ3v) is 4.34. The highest BCUT2D eigenvalue weighted by Crippen LogP contribution is 2.20. The molecular weight excluding hydrogens is 301 g/mol. The number of carbonyl (C=O) groups is 1. The summed E-state index contributed by atoms with van der Waals surface area (Å²) >= 11 is 0. The van der Waals surface area contributed by atoms with Crippen LogP contribution in [-0.2, 0) is 10.0 Å². The maximum atomic E-state index is 13.8. The molecule has 0 saturated carbocycles. The minimum Gasteiger partial charge on any atom is -0.478 e. The summed E-state index contributed by atoms with van der Waals surface area (Å²) in [6.45, 7) is 1.54. The second-order valence-corrected chi connectivity index (χ2v) is 5.99. The van der Waals surface area contributed by atoms with Crippen LogP contribution in [0.15, 0.2) is 45.9 Å². The van der Waals surface area contributed by atoms with Crippen molar-refractivity contribution in [2.45, 2.75) is 17.9 Å². The van der Waals surface area contributed by atoms with Crippen LogP contribution in [0, 0.1) is 5.82 Å². The van der Waals surface area contributed by atoms with Crippen LogP contribution in [0.1, 0.15) is 29.1 Å². The largest absolute Gasteiger partial charge is 0.478 e. The molecule has 0 amide bonds. The Morgan fingerprint density at radius 2 is 2.10 bits per heavy atom. The predicted octanol–water partition coefficient (Wildman–Crippen LogP) is 2.16. The Balaban J connectivity index is 2.29. The monoisotopic (exact) mass is 313 g/mol. The van der Waals surface area contributed by atoms with Crippen molar-refractivity contribution in [3.63, 3.8) is 0 Å². The maximum Gasteiger partial charge on any atom is 0.335 e. The van der Waals surface area contributed by atoms with Crippen LogP contribution in [0.2, 0.25) is 0 Å². The first kappa shape index (κ1) is 15.2. The van der Waals surface area contributed by atoms with Crippen molar-refractivity contribution in [1.29, 1.82) is 0 Å². The van der Waals surface area contributed by atoms with Gasteiger partial charge in [0.05, 0.1) is 17.9 Å². The zero-order valence-corrected chi connectivity index (χ0v) is 11.7.